The molecule has 1 amide bonds. The maximum absolute atomic E-state index is 12.5. The fourth-order valence-electron chi connectivity index (χ4n) is 2.16. The van der Waals surface area contributed by atoms with Gasteiger partial charge in [0.1, 0.15) is 10.6 Å². The molecule has 0 radical (unpaired) electrons. The number of ether oxygens (including phenoxy) is 1. The average molecular weight is 348 g/mol. The highest BCUT2D eigenvalue weighted by Crippen LogP contribution is 2.21. The molecular weight excluding hydrogens is 328 g/mol. The predicted molar refractivity (Wildman–Crippen MR) is 91.6 cm³/mol. The first-order chi connectivity index (χ1) is 11.4. The van der Waals surface area contributed by atoms with E-state index >= 15 is 0 Å². The van der Waals surface area contributed by atoms with Gasteiger partial charge in [-0.15, -0.1) is 11.3 Å². The van der Waals surface area contributed by atoms with Crippen molar-refractivity contribution in [3.63, 3.8) is 0 Å². The molecule has 128 valence electrons. The first-order valence-electron chi connectivity index (χ1n) is 7.56. The van der Waals surface area contributed by atoms with Crippen LogP contribution in [0.3, 0.4) is 0 Å². The van der Waals surface area contributed by atoms with Crippen molar-refractivity contribution in [1.29, 1.82) is 0 Å². The van der Waals surface area contributed by atoms with Crippen molar-refractivity contribution >= 4 is 23.2 Å². The van der Waals surface area contributed by atoms with E-state index < -0.39 is 5.97 Å². The molecule has 1 heterocycles. The predicted octanol–water partition coefficient (Wildman–Crippen LogP) is 2.75. The fourth-order valence-corrected chi connectivity index (χ4v) is 3.16. The number of carboxylic acids is 1. The molecule has 1 aromatic carbocycles. The van der Waals surface area contributed by atoms with Crippen LogP contribution in [0.4, 0.5) is 0 Å². The van der Waals surface area contributed by atoms with Crippen LogP contribution in [0.1, 0.15) is 32.9 Å². The number of aryl methyl sites for hydroxylation is 2. The van der Waals surface area contributed by atoms with Gasteiger partial charge in [0.2, 0.25) is 0 Å². The lowest BCUT2D eigenvalue weighted by Gasteiger charge is -2.17. The summed E-state index contributed by atoms with van der Waals surface area (Å²) in [5.41, 5.74) is 1.71. The summed E-state index contributed by atoms with van der Waals surface area (Å²) in [4.78, 5) is 29.7. The van der Waals surface area contributed by atoms with E-state index in [4.69, 9.17) is 9.84 Å². The van der Waals surface area contributed by atoms with E-state index in [1.807, 2.05) is 26.0 Å². The molecule has 0 aliphatic carbocycles. The Morgan fingerprint density at radius 3 is 2.50 bits per heavy atom. The van der Waals surface area contributed by atoms with Gasteiger partial charge in [0.25, 0.3) is 5.91 Å². The van der Waals surface area contributed by atoms with E-state index in [9.17, 15) is 9.59 Å². The minimum Gasteiger partial charge on any atom is -0.482 e. The van der Waals surface area contributed by atoms with Crippen LogP contribution in [0.15, 0.2) is 24.3 Å². The first-order valence-corrected chi connectivity index (χ1v) is 8.37. The minimum absolute atomic E-state index is 0.0455. The van der Waals surface area contributed by atoms with Gasteiger partial charge in [-0.05, 0) is 31.0 Å². The normalized spacial score (nSPS) is 10.5. The summed E-state index contributed by atoms with van der Waals surface area (Å²) in [6.45, 7) is 3.95. The Hall–Kier alpha value is -2.41. The first kappa shape index (κ1) is 17.9. The Morgan fingerprint density at radius 2 is 1.96 bits per heavy atom. The lowest BCUT2D eigenvalue weighted by Crippen LogP contribution is -2.26. The van der Waals surface area contributed by atoms with E-state index in [1.54, 1.807) is 24.1 Å². The lowest BCUT2D eigenvalue weighted by atomic mass is 10.2. The summed E-state index contributed by atoms with van der Waals surface area (Å²) in [6, 6.07) is 7.03. The van der Waals surface area contributed by atoms with Gasteiger partial charge in [-0.25, -0.2) is 9.78 Å². The molecule has 7 heteroatoms. The number of hydrogen-bond acceptors (Lipinski definition) is 5. The zero-order valence-corrected chi connectivity index (χ0v) is 14.7. The number of hydrogen-bond donors (Lipinski definition) is 1. The van der Waals surface area contributed by atoms with Gasteiger partial charge in [-0.1, -0.05) is 19.1 Å². The molecule has 0 fully saturated rings. The number of aliphatic carboxylic acids is 1. The van der Waals surface area contributed by atoms with Gasteiger partial charge in [0, 0.05) is 13.6 Å². The van der Waals surface area contributed by atoms with E-state index in [0.717, 1.165) is 22.7 Å². The van der Waals surface area contributed by atoms with Gasteiger partial charge in [0.05, 0.1) is 10.7 Å². The van der Waals surface area contributed by atoms with Crippen LogP contribution in [0.25, 0.3) is 0 Å². The minimum atomic E-state index is -1.02. The highest BCUT2D eigenvalue weighted by molar-refractivity contribution is 7.13. The monoisotopic (exact) mass is 348 g/mol. The van der Waals surface area contributed by atoms with Gasteiger partial charge in [-0.3, -0.25) is 4.79 Å². The van der Waals surface area contributed by atoms with Crippen molar-refractivity contribution in [2.45, 2.75) is 26.8 Å². The molecule has 0 bridgehead atoms. The molecule has 0 aliphatic rings. The topological polar surface area (TPSA) is 79.7 Å². The molecule has 0 saturated carbocycles. The lowest BCUT2D eigenvalue weighted by molar-refractivity contribution is -0.139. The third-order valence-electron chi connectivity index (χ3n) is 3.39. The number of benzene rings is 1. The second-order valence-electron chi connectivity index (χ2n) is 5.36. The van der Waals surface area contributed by atoms with Crippen LogP contribution in [0, 0.1) is 6.92 Å². The number of rotatable bonds is 7. The van der Waals surface area contributed by atoms with Gasteiger partial charge in [-0.2, -0.15) is 0 Å². The largest absolute Gasteiger partial charge is 0.482 e. The van der Waals surface area contributed by atoms with E-state index in [1.165, 1.54) is 11.3 Å². The molecule has 6 nitrogen and oxygen atoms in total. The number of amides is 1. The number of carbonyl (C=O) groups is 2. The Kier molecular flexibility index (Phi) is 5.92. The summed E-state index contributed by atoms with van der Waals surface area (Å²) in [7, 11) is 1.75. The molecule has 2 rings (SSSR count). The van der Waals surface area contributed by atoms with Crippen LogP contribution in [-0.4, -0.2) is 40.5 Å². The molecule has 1 aromatic heterocycles. The van der Waals surface area contributed by atoms with E-state index in [-0.39, 0.29) is 12.5 Å². The van der Waals surface area contributed by atoms with E-state index in [0.29, 0.717) is 17.2 Å². The Morgan fingerprint density at radius 1 is 1.29 bits per heavy atom. The van der Waals surface area contributed by atoms with Crippen LogP contribution in [-0.2, 0) is 17.8 Å². The molecule has 0 atom stereocenters. The molecule has 0 aliphatic heterocycles. The number of thiazole rings is 1. The second kappa shape index (κ2) is 7.92. The molecule has 0 spiro atoms. The summed E-state index contributed by atoms with van der Waals surface area (Å²) in [5.74, 6) is -0.576. The number of carboxylic acid groups (broad SMARTS) is 1. The van der Waals surface area contributed by atoms with Crippen molar-refractivity contribution in [2.24, 2.45) is 0 Å². The van der Waals surface area contributed by atoms with Crippen molar-refractivity contribution in [3.8, 4) is 5.75 Å². The molecule has 24 heavy (non-hydrogen) atoms. The Balaban J connectivity index is 2.00. The fraction of sp³-hybridized carbons (Fsp3) is 0.353. The molecule has 1 N–H and O–H groups in total. The van der Waals surface area contributed by atoms with Crippen molar-refractivity contribution < 1.29 is 19.4 Å². The Bertz CT molecular complexity index is 725. The summed E-state index contributed by atoms with van der Waals surface area (Å²) < 4.78 is 5.09. The number of aromatic nitrogens is 1. The third kappa shape index (κ3) is 4.55. The standard InChI is InChI=1S/C17H20N2O4S/c1-4-14-18-11(2)16(24-14)17(22)19(3)9-12-5-7-13(8-6-12)23-10-15(20)21/h5-8H,4,9-10H2,1-3H3,(H,20,21). The van der Waals surface area contributed by atoms with Crippen molar-refractivity contribution in [2.75, 3.05) is 13.7 Å². The summed E-state index contributed by atoms with van der Waals surface area (Å²) in [5, 5.41) is 9.55. The maximum atomic E-state index is 12.5. The van der Waals surface area contributed by atoms with Crippen LogP contribution < -0.4 is 4.74 Å². The number of carbonyl (C=O) groups excluding carboxylic acids is 1. The third-order valence-corrected chi connectivity index (χ3v) is 4.68. The highest BCUT2D eigenvalue weighted by Gasteiger charge is 2.18. The van der Waals surface area contributed by atoms with Crippen LogP contribution >= 0.6 is 11.3 Å². The zero-order valence-electron chi connectivity index (χ0n) is 13.9. The highest BCUT2D eigenvalue weighted by atomic mass is 32.1. The quantitative estimate of drug-likeness (QED) is 0.832. The molecular formula is C17H20N2O4S. The second-order valence-corrected chi connectivity index (χ2v) is 6.45. The maximum Gasteiger partial charge on any atom is 0.341 e. The number of nitrogens with zero attached hydrogens (tertiary/aromatic N) is 2. The summed E-state index contributed by atoms with van der Waals surface area (Å²) in [6.07, 6.45) is 0.820. The van der Waals surface area contributed by atoms with Crippen molar-refractivity contribution in [3.05, 3.63) is 45.4 Å². The van der Waals surface area contributed by atoms with Crippen molar-refractivity contribution in [1.82, 2.24) is 9.88 Å². The Labute approximate surface area is 144 Å². The van der Waals surface area contributed by atoms with Crippen LogP contribution in [0.2, 0.25) is 0 Å². The molecule has 0 saturated heterocycles. The summed E-state index contributed by atoms with van der Waals surface area (Å²) >= 11 is 1.44. The van der Waals surface area contributed by atoms with Gasteiger partial charge < -0.3 is 14.7 Å². The SMILES string of the molecule is CCc1nc(C)c(C(=O)N(C)Cc2ccc(OCC(=O)O)cc2)s1. The molecule has 0 unspecified atom stereocenters. The van der Waals surface area contributed by atoms with E-state index in [2.05, 4.69) is 4.98 Å². The zero-order chi connectivity index (χ0) is 17.7. The smallest absolute Gasteiger partial charge is 0.341 e. The van der Waals surface area contributed by atoms with Crippen LogP contribution in [0.5, 0.6) is 5.75 Å². The average Bonchev–Trinajstić information content (AvgIpc) is 2.94. The van der Waals surface area contributed by atoms with Gasteiger partial charge in [0.15, 0.2) is 6.61 Å². The molecule has 2 aromatic rings. The van der Waals surface area contributed by atoms with Gasteiger partial charge >= 0.3 is 5.97 Å².